The van der Waals surface area contributed by atoms with Gasteiger partial charge in [-0.15, -0.1) is 0 Å². The summed E-state index contributed by atoms with van der Waals surface area (Å²) in [6, 6.07) is 7.13. The van der Waals surface area contributed by atoms with Crippen LogP contribution in [-0.2, 0) is 19.4 Å². The number of methoxy groups -OCH3 is 1. The summed E-state index contributed by atoms with van der Waals surface area (Å²) in [7, 11) is -0.280. The number of hydrogen-bond donors (Lipinski definition) is 0. The fourth-order valence-corrected chi connectivity index (χ4v) is 5.44. The molecule has 3 rings (SSSR count). The predicted molar refractivity (Wildman–Crippen MR) is 124 cm³/mol. The Morgan fingerprint density at radius 2 is 1.60 bits per heavy atom. The van der Waals surface area contributed by atoms with Crippen molar-refractivity contribution in [2.45, 2.75) is 70.6 Å². The molecular weight excluding hydrogens is 398 g/mol. The SMILES string of the molecule is C=O.COC.Cc1ccc(S(=O)(=O)C2=C(CC(C)C)CC(C3CCCCC3)=N2)cc1. The molecule has 0 amide bonds. The lowest BCUT2D eigenvalue weighted by atomic mass is 9.83. The Kier molecular flexibility index (Phi) is 11.2. The van der Waals surface area contributed by atoms with Crippen LogP contribution in [-0.4, -0.2) is 35.1 Å². The van der Waals surface area contributed by atoms with Crippen LogP contribution in [0.3, 0.4) is 0 Å². The Morgan fingerprint density at radius 1 is 1.07 bits per heavy atom. The third-order valence-electron chi connectivity index (χ3n) is 5.26. The van der Waals surface area contributed by atoms with Crippen LogP contribution in [0.15, 0.2) is 44.8 Å². The molecule has 0 unspecified atom stereocenters. The van der Waals surface area contributed by atoms with Gasteiger partial charge in [0, 0.05) is 26.4 Å². The molecular formula is C24H37NO4S. The number of ether oxygens (including phenoxy) is 1. The summed E-state index contributed by atoms with van der Waals surface area (Å²) in [5, 5.41) is 0.339. The number of aryl methyl sites for hydroxylation is 1. The van der Waals surface area contributed by atoms with E-state index in [1.54, 1.807) is 26.4 Å². The van der Waals surface area contributed by atoms with Gasteiger partial charge in [0.1, 0.15) is 6.79 Å². The second-order valence-electron chi connectivity index (χ2n) is 8.35. The van der Waals surface area contributed by atoms with Gasteiger partial charge in [-0.1, -0.05) is 50.8 Å². The number of carbonyl (C=O) groups is 1. The second-order valence-corrected chi connectivity index (χ2v) is 10.2. The Balaban J connectivity index is 0.000000826. The molecule has 0 N–H and O–H groups in total. The number of nitrogens with zero attached hydrogens (tertiary/aromatic N) is 1. The molecule has 1 aliphatic heterocycles. The Bertz CT molecular complexity index is 817. The summed E-state index contributed by atoms with van der Waals surface area (Å²) in [6.45, 7) is 8.25. The van der Waals surface area contributed by atoms with Crippen LogP contribution in [0.4, 0.5) is 0 Å². The fourth-order valence-electron chi connectivity index (χ4n) is 3.95. The molecule has 0 spiro atoms. The lowest BCUT2D eigenvalue weighted by Crippen LogP contribution is -2.16. The molecule has 168 valence electrons. The normalized spacial score (nSPS) is 17.1. The maximum Gasteiger partial charge on any atom is 0.223 e. The second kappa shape index (κ2) is 12.8. The third kappa shape index (κ3) is 7.17. The number of benzene rings is 1. The van der Waals surface area contributed by atoms with Gasteiger partial charge in [0.25, 0.3) is 0 Å². The van der Waals surface area contributed by atoms with E-state index in [4.69, 9.17) is 9.79 Å². The van der Waals surface area contributed by atoms with Gasteiger partial charge >= 0.3 is 0 Å². The van der Waals surface area contributed by atoms with Gasteiger partial charge in [-0.3, -0.25) is 0 Å². The van der Waals surface area contributed by atoms with Gasteiger partial charge in [0.2, 0.25) is 9.84 Å². The van der Waals surface area contributed by atoms with Crippen molar-refractivity contribution in [1.82, 2.24) is 0 Å². The van der Waals surface area contributed by atoms with Crippen LogP contribution in [0.5, 0.6) is 0 Å². The highest BCUT2D eigenvalue weighted by atomic mass is 32.2. The van der Waals surface area contributed by atoms with E-state index in [9.17, 15) is 8.42 Å². The Labute approximate surface area is 182 Å². The number of carbonyl (C=O) groups excluding carboxylic acids is 1. The van der Waals surface area contributed by atoms with E-state index in [1.165, 1.54) is 19.3 Å². The zero-order valence-electron chi connectivity index (χ0n) is 19.1. The molecule has 6 heteroatoms. The van der Waals surface area contributed by atoms with Crippen LogP contribution in [0.1, 0.15) is 64.4 Å². The van der Waals surface area contributed by atoms with Crippen molar-refractivity contribution in [3.8, 4) is 0 Å². The highest BCUT2D eigenvalue weighted by Gasteiger charge is 2.32. The lowest BCUT2D eigenvalue weighted by molar-refractivity contribution is -0.0980. The van der Waals surface area contributed by atoms with Crippen LogP contribution < -0.4 is 0 Å². The molecule has 1 heterocycles. The number of sulfone groups is 1. The first-order chi connectivity index (χ1) is 14.3. The van der Waals surface area contributed by atoms with Crippen molar-refractivity contribution in [1.29, 1.82) is 0 Å². The smallest absolute Gasteiger partial charge is 0.223 e. The Morgan fingerprint density at radius 3 is 2.10 bits per heavy atom. The van der Waals surface area contributed by atoms with E-state index in [2.05, 4.69) is 18.6 Å². The van der Waals surface area contributed by atoms with Crippen LogP contribution in [0, 0.1) is 18.8 Å². The molecule has 2 aliphatic rings. The average molecular weight is 436 g/mol. The van der Waals surface area contributed by atoms with Crippen LogP contribution >= 0.6 is 0 Å². The summed E-state index contributed by atoms with van der Waals surface area (Å²) >= 11 is 0. The highest BCUT2D eigenvalue weighted by molar-refractivity contribution is 7.95. The zero-order chi connectivity index (χ0) is 22.7. The topological polar surface area (TPSA) is 72.8 Å². The largest absolute Gasteiger partial charge is 0.388 e. The molecule has 30 heavy (non-hydrogen) atoms. The maximum absolute atomic E-state index is 13.2. The summed E-state index contributed by atoms with van der Waals surface area (Å²) in [5.41, 5.74) is 3.19. The van der Waals surface area contributed by atoms with Gasteiger partial charge in [-0.2, -0.15) is 0 Å². The minimum absolute atomic E-state index is 0.339. The molecule has 0 radical (unpaired) electrons. The third-order valence-corrected chi connectivity index (χ3v) is 7.04. The van der Waals surface area contributed by atoms with Gasteiger partial charge in [-0.25, -0.2) is 13.4 Å². The molecule has 5 nitrogen and oxygen atoms in total. The van der Waals surface area contributed by atoms with Crippen LogP contribution in [0.25, 0.3) is 0 Å². The zero-order valence-corrected chi connectivity index (χ0v) is 19.9. The average Bonchev–Trinajstić information content (AvgIpc) is 3.15. The molecule has 1 aromatic rings. The van der Waals surface area contributed by atoms with Gasteiger partial charge in [0.15, 0.2) is 5.03 Å². The summed E-state index contributed by atoms with van der Waals surface area (Å²) in [5.74, 6) is 0.903. The van der Waals surface area contributed by atoms with Crippen molar-refractivity contribution in [2.75, 3.05) is 14.2 Å². The van der Waals surface area contributed by atoms with E-state index in [1.807, 2.05) is 25.8 Å². The monoisotopic (exact) mass is 435 g/mol. The number of hydrogen-bond acceptors (Lipinski definition) is 5. The van der Waals surface area contributed by atoms with Crippen molar-refractivity contribution in [2.24, 2.45) is 16.8 Å². The number of allylic oxidation sites excluding steroid dienone is 1. The first kappa shape index (κ1) is 26.2. The summed E-state index contributed by atoms with van der Waals surface area (Å²) < 4.78 is 30.7. The van der Waals surface area contributed by atoms with Crippen molar-refractivity contribution in [3.05, 3.63) is 40.4 Å². The Hall–Kier alpha value is -1.79. The molecule has 1 aromatic carbocycles. The van der Waals surface area contributed by atoms with Gasteiger partial charge in [0.05, 0.1) is 4.90 Å². The van der Waals surface area contributed by atoms with E-state index in [-0.39, 0.29) is 0 Å². The van der Waals surface area contributed by atoms with E-state index in [0.717, 1.165) is 42.5 Å². The van der Waals surface area contributed by atoms with E-state index in [0.29, 0.717) is 21.8 Å². The maximum atomic E-state index is 13.2. The molecule has 0 atom stereocenters. The first-order valence-corrected chi connectivity index (χ1v) is 12.1. The molecule has 0 bridgehead atoms. The van der Waals surface area contributed by atoms with E-state index < -0.39 is 9.84 Å². The highest BCUT2D eigenvalue weighted by Crippen LogP contribution is 2.37. The van der Waals surface area contributed by atoms with Crippen molar-refractivity contribution < 1.29 is 17.9 Å². The minimum atomic E-state index is -3.53. The first-order valence-electron chi connectivity index (χ1n) is 10.6. The van der Waals surface area contributed by atoms with Crippen molar-refractivity contribution >= 4 is 22.3 Å². The van der Waals surface area contributed by atoms with Crippen molar-refractivity contribution in [3.63, 3.8) is 0 Å². The molecule has 1 saturated carbocycles. The quantitative estimate of drug-likeness (QED) is 0.609. The molecule has 0 saturated heterocycles. The van der Waals surface area contributed by atoms with Gasteiger partial charge < -0.3 is 9.53 Å². The number of rotatable bonds is 5. The standard InChI is InChI=1S/C21H29NO2S.C2H6O.CH2O/c1-15(2)13-18-14-20(17-7-5-4-6-8-17)22-21(18)25(23,24)19-11-9-16(3)10-12-19;1-3-2;1-2/h9-12,15,17H,4-8,13-14H2,1-3H3;1-2H3;1H2. The summed E-state index contributed by atoms with van der Waals surface area (Å²) in [6.07, 6.45) is 7.65. The minimum Gasteiger partial charge on any atom is -0.388 e. The fraction of sp³-hybridized carbons (Fsp3) is 0.583. The van der Waals surface area contributed by atoms with E-state index >= 15 is 0 Å². The molecule has 1 aliphatic carbocycles. The van der Waals surface area contributed by atoms with Gasteiger partial charge in [-0.05, 0) is 55.7 Å². The molecule has 1 fully saturated rings. The number of aliphatic imine (C=N–C) groups is 1. The summed E-state index contributed by atoms with van der Waals surface area (Å²) in [4.78, 5) is 13.1. The van der Waals surface area contributed by atoms with Crippen LogP contribution in [0.2, 0.25) is 0 Å². The lowest BCUT2D eigenvalue weighted by Gasteiger charge is -2.21. The predicted octanol–water partition coefficient (Wildman–Crippen LogP) is 5.53. The molecule has 0 aromatic heterocycles.